The fourth-order valence-electron chi connectivity index (χ4n) is 1.56. The number of aryl methyl sites for hydroxylation is 2. The Bertz CT molecular complexity index is 375. The fraction of sp³-hybridized carbons (Fsp3) is 0.286. The molecule has 2 aromatic rings. The lowest BCUT2D eigenvalue weighted by Crippen LogP contribution is -1.94. The molecule has 2 nitrogen and oxygen atoms in total. The lowest BCUT2D eigenvalue weighted by Gasteiger charge is -2.02. The molecule has 0 N–H and O–H groups in total. The van der Waals surface area contributed by atoms with Crippen molar-refractivity contribution in [2.75, 3.05) is 11.5 Å². The third kappa shape index (κ3) is 4.57. The summed E-state index contributed by atoms with van der Waals surface area (Å²) in [6.45, 7) is 0. The molecular formula is C14H16N2S. The van der Waals surface area contributed by atoms with Crippen LogP contribution in [0.15, 0.2) is 48.9 Å². The highest BCUT2D eigenvalue weighted by molar-refractivity contribution is 7.99. The molecule has 0 saturated heterocycles. The van der Waals surface area contributed by atoms with E-state index in [0.29, 0.717) is 0 Å². The van der Waals surface area contributed by atoms with Crippen LogP contribution in [0, 0.1) is 0 Å². The second kappa shape index (κ2) is 7.07. The van der Waals surface area contributed by atoms with E-state index in [-0.39, 0.29) is 0 Å². The predicted octanol–water partition coefficient (Wildman–Crippen LogP) is 3.00. The van der Waals surface area contributed by atoms with Crippen LogP contribution in [-0.4, -0.2) is 21.5 Å². The molecule has 3 heteroatoms. The third-order valence-corrected chi connectivity index (χ3v) is 3.50. The Labute approximate surface area is 107 Å². The molecule has 2 rings (SSSR count). The smallest absolute Gasteiger partial charge is 0.0411 e. The summed E-state index contributed by atoms with van der Waals surface area (Å²) < 4.78 is 0. The van der Waals surface area contributed by atoms with Gasteiger partial charge in [0.15, 0.2) is 0 Å². The van der Waals surface area contributed by atoms with Crippen LogP contribution in [0.3, 0.4) is 0 Å². The number of hydrogen-bond donors (Lipinski definition) is 0. The molecule has 0 aliphatic heterocycles. The number of nitrogens with zero attached hydrogens (tertiary/aromatic N) is 2. The van der Waals surface area contributed by atoms with Crippen LogP contribution in [0.25, 0.3) is 0 Å². The van der Waals surface area contributed by atoms with Gasteiger partial charge in [-0.2, -0.15) is 11.8 Å². The Morgan fingerprint density at radius 1 is 0.882 bits per heavy atom. The van der Waals surface area contributed by atoms with Gasteiger partial charge in [-0.05, 0) is 54.2 Å². The summed E-state index contributed by atoms with van der Waals surface area (Å²) in [7, 11) is 0. The molecular weight excluding hydrogens is 228 g/mol. The van der Waals surface area contributed by atoms with Crippen LogP contribution < -0.4 is 0 Å². The zero-order valence-corrected chi connectivity index (χ0v) is 10.6. The Morgan fingerprint density at radius 2 is 1.71 bits per heavy atom. The summed E-state index contributed by atoms with van der Waals surface area (Å²) >= 11 is 1.98. The van der Waals surface area contributed by atoms with E-state index < -0.39 is 0 Å². The number of hydrogen-bond acceptors (Lipinski definition) is 3. The van der Waals surface area contributed by atoms with Gasteiger partial charge in [0, 0.05) is 24.3 Å². The quantitative estimate of drug-likeness (QED) is 0.731. The average Bonchev–Trinajstić information content (AvgIpc) is 2.41. The molecule has 0 aromatic carbocycles. The van der Waals surface area contributed by atoms with Crippen LogP contribution in [-0.2, 0) is 12.8 Å². The molecule has 88 valence electrons. The first kappa shape index (κ1) is 12.1. The Kier molecular flexibility index (Phi) is 5.04. The minimum Gasteiger partial charge on any atom is -0.265 e. The normalized spacial score (nSPS) is 10.4. The van der Waals surface area contributed by atoms with Gasteiger partial charge in [0.1, 0.15) is 0 Å². The van der Waals surface area contributed by atoms with Gasteiger partial charge in [0.05, 0.1) is 0 Å². The lowest BCUT2D eigenvalue weighted by molar-refractivity contribution is 1.04. The van der Waals surface area contributed by atoms with E-state index in [1.807, 2.05) is 42.5 Å². The minimum atomic E-state index is 1.06. The van der Waals surface area contributed by atoms with Crippen molar-refractivity contribution in [3.05, 3.63) is 60.2 Å². The van der Waals surface area contributed by atoms with E-state index in [4.69, 9.17) is 0 Å². The summed E-state index contributed by atoms with van der Waals surface area (Å²) in [5, 5.41) is 0. The second-order valence-electron chi connectivity index (χ2n) is 3.79. The Balaban J connectivity index is 1.61. The predicted molar refractivity (Wildman–Crippen MR) is 73.2 cm³/mol. The number of aromatic nitrogens is 2. The van der Waals surface area contributed by atoms with Gasteiger partial charge < -0.3 is 0 Å². The molecule has 0 atom stereocenters. The van der Waals surface area contributed by atoms with Crippen molar-refractivity contribution in [3.63, 3.8) is 0 Å². The zero-order chi connectivity index (χ0) is 11.8. The summed E-state index contributed by atoms with van der Waals surface area (Å²) in [6, 6.07) is 10.3. The van der Waals surface area contributed by atoms with Gasteiger partial charge in [-0.25, -0.2) is 0 Å². The second-order valence-corrected chi connectivity index (χ2v) is 5.01. The molecule has 0 saturated carbocycles. The van der Waals surface area contributed by atoms with Crippen molar-refractivity contribution in [2.24, 2.45) is 0 Å². The van der Waals surface area contributed by atoms with Crippen LogP contribution >= 0.6 is 11.8 Å². The summed E-state index contributed by atoms with van der Waals surface area (Å²) in [6.07, 6.45) is 7.75. The maximum atomic E-state index is 4.31. The standard InChI is InChI=1S/C14H16N2S/c1-2-8-16-14(3-1)7-12-17-11-6-13-4-9-15-10-5-13/h1-5,8-10H,6-7,11-12H2. The maximum Gasteiger partial charge on any atom is 0.0411 e. The SMILES string of the molecule is c1ccc(CCSCCc2ccncc2)nc1. The monoisotopic (exact) mass is 244 g/mol. The molecule has 2 heterocycles. The first-order valence-electron chi connectivity index (χ1n) is 5.82. The summed E-state index contributed by atoms with van der Waals surface area (Å²) in [5.41, 5.74) is 2.55. The van der Waals surface area contributed by atoms with Crippen LogP contribution in [0.1, 0.15) is 11.3 Å². The highest BCUT2D eigenvalue weighted by Crippen LogP contribution is 2.08. The molecule has 0 spiro atoms. The van der Waals surface area contributed by atoms with Gasteiger partial charge in [-0.1, -0.05) is 6.07 Å². The maximum absolute atomic E-state index is 4.31. The first-order valence-corrected chi connectivity index (χ1v) is 6.97. The van der Waals surface area contributed by atoms with Crippen LogP contribution in [0.5, 0.6) is 0 Å². The van der Waals surface area contributed by atoms with Crippen LogP contribution in [0.2, 0.25) is 0 Å². The van der Waals surface area contributed by atoms with E-state index >= 15 is 0 Å². The Hall–Kier alpha value is -1.35. The molecule has 0 unspecified atom stereocenters. The van der Waals surface area contributed by atoms with E-state index in [2.05, 4.69) is 28.2 Å². The van der Waals surface area contributed by atoms with Gasteiger partial charge in [-0.3, -0.25) is 9.97 Å². The van der Waals surface area contributed by atoms with Gasteiger partial charge in [-0.15, -0.1) is 0 Å². The first-order chi connectivity index (χ1) is 8.45. The van der Waals surface area contributed by atoms with Crippen LogP contribution in [0.4, 0.5) is 0 Å². The van der Waals surface area contributed by atoms with Gasteiger partial charge in [0.2, 0.25) is 0 Å². The molecule has 0 radical (unpaired) electrons. The largest absolute Gasteiger partial charge is 0.265 e. The number of rotatable bonds is 6. The van der Waals surface area contributed by atoms with Crippen molar-refractivity contribution >= 4 is 11.8 Å². The average molecular weight is 244 g/mol. The van der Waals surface area contributed by atoms with E-state index in [1.54, 1.807) is 0 Å². The molecule has 0 amide bonds. The third-order valence-electron chi connectivity index (χ3n) is 2.51. The van der Waals surface area contributed by atoms with Crippen molar-refractivity contribution in [1.82, 2.24) is 9.97 Å². The van der Waals surface area contributed by atoms with Gasteiger partial charge in [0.25, 0.3) is 0 Å². The number of pyridine rings is 2. The fourth-order valence-corrected chi connectivity index (χ4v) is 2.50. The molecule has 2 aromatic heterocycles. The molecule has 0 fully saturated rings. The highest BCUT2D eigenvalue weighted by Gasteiger charge is 1.95. The molecule has 0 aliphatic rings. The van der Waals surface area contributed by atoms with E-state index in [0.717, 1.165) is 24.3 Å². The number of thioether (sulfide) groups is 1. The van der Waals surface area contributed by atoms with Crippen molar-refractivity contribution < 1.29 is 0 Å². The van der Waals surface area contributed by atoms with Crippen molar-refractivity contribution in [2.45, 2.75) is 12.8 Å². The summed E-state index contributed by atoms with van der Waals surface area (Å²) in [4.78, 5) is 8.33. The van der Waals surface area contributed by atoms with Crippen molar-refractivity contribution in [3.8, 4) is 0 Å². The van der Waals surface area contributed by atoms with Crippen molar-refractivity contribution in [1.29, 1.82) is 0 Å². The van der Waals surface area contributed by atoms with Gasteiger partial charge >= 0.3 is 0 Å². The highest BCUT2D eigenvalue weighted by atomic mass is 32.2. The minimum absolute atomic E-state index is 1.06. The molecule has 0 bridgehead atoms. The molecule has 0 aliphatic carbocycles. The summed E-state index contributed by atoms with van der Waals surface area (Å²) in [5.74, 6) is 2.30. The zero-order valence-electron chi connectivity index (χ0n) is 9.75. The van der Waals surface area contributed by atoms with E-state index in [9.17, 15) is 0 Å². The molecule has 17 heavy (non-hydrogen) atoms. The van der Waals surface area contributed by atoms with E-state index in [1.165, 1.54) is 11.3 Å². The topological polar surface area (TPSA) is 25.8 Å². The lowest BCUT2D eigenvalue weighted by atomic mass is 10.2. The Morgan fingerprint density at radius 3 is 2.47 bits per heavy atom.